The largest absolute Gasteiger partial charge is 0.507 e. The maximum Gasteiger partial charge on any atom is 0.139 e. The molecule has 2 heterocycles. The molecule has 1 aliphatic carbocycles. The Hall–Kier alpha value is -6.80. The van der Waals surface area contributed by atoms with Crippen molar-refractivity contribution >= 4 is 49.9 Å². The molecule has 8 nitrogen and oxygen atoms in total. The molecule has 0 fully saturated rings. The van der Waals surface area contributed by atoms with Gasteiger partial charge in [-0.05, 0) is 23.8 Å². The second-order valence-electron chi connectivity index (χ2n) is 12.0. The van der Waals surface area contributed by atoms with Crippen LogP contribution in [-0.2, 0) is 0 Å². The lowest BCUT2D eigenvalue weighted by atomic mass is 9.83. The summed E-state index contributed by atoms with van der Waals surface area (Å²) in [6.45, 7) is 4.59. The van der Waals surface area contributed by atoms with Crippen LogP contribution in [0.2, 0.25) is 0 Å². The summed E-state index contributed by atoms with van der Waals surface area (Å²) in [6, 6.07) is 29.0. The van der Waals surface area contributed by atoms with Crippen LogP contribution < -0.4 is 4.90 Å². The summed E-state index contributed by atoms with van der Waals surface area (Å²) in [7, 11) is 0. The Kier molecular flexibility index (Phi) is 6.75. The first-order valence-electron chi connectivity index (χ1n) is 15.6. The van der Waals surface area contributed by atoms with E-state index in [4.69, 9.17) is 0 Å². The zero-order valence-corrected chi connectivity index (χ0v) is 26.0. The van der Waals surface area contributed by atoms with E-state index in [2.05, 4.69) is 6.58 Å². The summed E-state index contributed by atoms with van der Waals surface area (Å²) in [6.07, 6.45) is 7.62. The highest BCUT2D eigenvalue weighted by Gasteiger charge is 2.38. The summed E-state index contributed by atoms with van der Waals surface area (Å²) in [5.41, 5.74) is 4.33. The monoisotopic (exact) mass is 646 g/mol. The van der Waals surface area contributed by atoms with Crippen molar-refractivity contribution < 1.29 is 30.6 Å². The van der Waals surface area contributed by atoms with Gasteiger partial charge >= 0.3 is 0 Å². The predicted molar refractivity (Wildman–Crippen MR) is 194 cm³/mol. The third-order valence-electron chi connectivity index (χ3n) is 9.13. The normalized spacial score (nSPS) is 15.9. The summed E-state index contributed by atoms with van der Waals surface area (Å²) >= 11 is 0. The van der Waals surface area contributed by atoms with Gasteiger partial charge in [0.25, 0.3) is 0 Å². The van der Waals surface area contributed by atoms with Gasteiger partial charge in [0.05, 0.1) is 39.0 Å². The van der Waals surface area contributed by atoms with Gasteiger partial charge in [0.1, 0.15) is 34.5 Å². The minimum absolute atomic E-state index is 0.187. The van der Waals surface area contributed by atoms with Crippen molar-refractivity contribution in [3.63, 3.8) is 0 Å². The SMILES string of the molecule is C=C1/C=C\C=C/CN(c2cc(O)c(C3=C(O)C(c4c(O)cc(-n5c6ccccc6c6ccccc65)cc4O)=C3O)c(O)c2)c2ccccc21. The predicted octanol–water partition coefficient (Wildman–Crippen LogP) is 9.14. The number of aromatic hydroxyl groups is 4. The van der Waals surface area contributed by atoms with Crippen molar-refractivity contribution in [3.05, 3.63) is 156 Å². The number of rotatable bonds is 4. The van der Waals surface area contributed by atoms with Crippen LogP contribution in [0, 0.1) is 0 Å². The number of para-hydroxylation sites is 3. The molecule has 8 heteroatoms. The Bertz CT molecular complexity index is 2420. The maximum atomic E-state index is 11.2. The number of anilines is 2. The molecule has 2 aliphatic rings. The molecule has 6 aromatic rings. The molecule has 0 radical (unpaired) electrons. The lowest BCUT2D eigenvalue weighted by Gasteiger charge is -2.29. The fourth-order valence-electron chi connectivity index (χ4n) is 6.91. The molecule has 49 heavy (non-hydrogen) atoms. The molecular weight excluding hydrogens is 616 g/mol. The van der Waals surface area contributed by atoms with Crippen LogP contribution in [0.4, 0.5) is 11.4 Å². The summed E-state index contributed by atoms with van der Waals surface area (Å²) in [4.78, 5) is 1.90. The number of fused-ring (bicyclic) bond motifs is 4. The number of phenolic OH excluding ortho intramolecular Hbond substituents is 4. The fraction of sp³-hybridized carbons (Fsp3) is 0.0244. The van der Waals surface area contributed by atoms with Crippen molar-refractivity contribution in [1.29, 1.82) is 0 Å². The van der Waals surface area contributed by atoms with Crippen molar-refractivity contribution in [2.45, 2.75) is 0 Å². The standard InChI is InChI=1S/C41H30N2O6/c1-23-11-3-2-10-18-42(29-15-7-4-12-26(23)29)24-19-32(44)36(33(45)20-24)38-40(48)39(41(38)49)37-34(46)21-25(22-35(37)47)43-30-16-8-5-13-27(30)28-14-6-9-17-31(28)43/h2-17,19-22,44-49H,1,18H2/b10-2-,11-3-. The lowest BCUT2D eigenvalue weighted by molar-refractivity contribution is 0.381. The smallest absolute Gasteiger partial charge is 0.139 e. The molecule has 5 aromatic carbocycles. The number of benzene rings is 5. The van der Waals surface area contributed by atoms with E-state index in [0.29, 0.717) is 17.9 Å². The average Bonchev–Trinajstić information content (AvgIpc) is 3.46. The zero-order valence-electron chi connectivity index (χ0n) is 26.0. The van der Waals surface area contributed by atoms with Gasteiger partial charge in [0.2, 0.25) is 0 Å². The highest BCUT2D eigenvalue weighted by atomic mass is 16.3. The molecule has 0 saturated heterocycles. The van der Waals surface area contributed by atoms with E-state index in [1.54, 1.807) is 0 Å². The molecule has 0 amide bonds. The van der Waals surface area contributed by atoms with Crippen LogP contribution in [-0.4, -0.2) is 41.8 Å². The molecule has 0 spiro atoms. The van der Waals surface area contributed by atoms with Gasteiger partial charge in [-0.25, -0.2) is 0 Å². The Morgan fingerprint density at radius 2 is 1.04 bits per heavy atom. The first-order valence-corrected chi connectivity index (χ1v) is 15.6. The minimum Gasteiger partial charge on any atom is -0.507 e. The first kappa shape index (κ1) is 29.6. The molecule has 0 unspecified atom stereocenters. The molecule has 0 bridgehead atoms. The second kappa shape index (κ2) is 11.2. The van der Waals surface area contributed by atoms with Gasteiger partial charge in [0, 0.05) is 58.5 Å². The summed E-state index contributed by atoms with van der Waals surface area (Å²) < 4.78 is 1.91. The van der Waals surface area contributed by atoms with Gasteiger partial charge in [-0.2, -0.15) is 0 Å². The molecule has 0 atom stereocenters. The van der Waals surface area contributed by atoms with E-state index in [1.165, 1.54) is 24.3 Å². The Labute approximate surface area is 280 Å². The van der Waals surface area contributed by atoms with E-state index in [0.717, 1.165) is 38.6 Å². The van der Waals surface area contributed by atoms with Gasteiger partial charge in [-0.3, -0.25) is 0 Å². The number of nitrogens with zero attached hydrogens (tertiary/aromatic N) is 2. The Morgan fingerprint density at radius 1 is 0.551 bits per heavy atom. The average molecular weight is 647 g/mol. The molecule has 240 valence electrons. The Balaban J connectivity index is 1.17. The zero-order chi connectivity index (χ0) is 34.0. The van der Waals surface area contributed by atoms with Crippen molar-refractivity contribution in [2.24, 2.45) is 0 Å². The highest BCUT2D eigenvalue weighted by Crippen LogP contribution is 2.54. The van der Waals surface area contributed by atoms with Crippen LogP contribution in [0.1, 0.15) is 16.7 Å². The minimum atomic E-state index is -0.510. The second-order valence-corrected chi connectivity index (χ2v) is 12.0. The van der Waals surface area contributed by atoms with Gasteiger partial charge < -0.3 is 40.1 Å². The fourth-order valence-corrected chi connectivity index (χ4v) is 6.91. The molecule has 1 aromatic heterocycles. The van der Waals surface area contributed by atoms with Gasteiger partial charge in [0.15, 0.2) is 0 Å². The third kappa shape index (κ3) is 4.53. The quantitative estimate of drug-likeness (QED) is 0.113. The lowest BCUT2D eigenvalue weighted by Crippen LogP contribution is -2.18. The van der Waals surface area contributed by atoms with Crippen LogP contribution in [0.5, 0.6) is 23.0 Å². The summed E-state index contributed by atoms with van der Waals surface area (Å²) in [5, 5.41) is 69.4. The number of hydrogen-bond acceptors (Lipinski definition) is 7. The number of aliphatic hydroxyl groups excluding tert-OH is 2. The molecule has 8 rings (SSSR count). The third-order valence-corrected chi connectivity index (χ3v) is 9.13. The van der Waals surface area contributed by atoms with Crippen molar-refractivity contribution in [3.8, 4) is 28.7 Å². The van der Waals surface area contributed by atoms with Crippen LogP contribution in [0.15, 0.2) is 139 Å². The first-order chi connectivity index (χ1) is 23.7. The molecule has 1 aliphatic heterocycles. The highest BCUT2D eigenvalue weighted by molar-refractivity contribution is 6.11. The Morgan fingerprint density at radius 3 is 1.61 bits per heavy atom. The molecule has 0 saturated carbocycles. The van der Waals surface area contributed by atoms with Gasteiger partial charge in [-0.1, -0.05) is 85.5 Å². The number of allylic oxidation sites excluding steroid dienone is 6. The van der Waals surface area contributed by atoms with E-state index >= 15 is 0 Å². The number of aliphatic hydroxyl groups is 2. The van der Waals surface area contributed by atoms with Crippen molar-refractivity contribution in [1.82, 2.24) is 4.57 Å². The number of phenols is 4. The van der Waals surface area contributed by atoms with E-state index in [9.17, 15) is 30.6 Å². The number of hydrogen-bond donors (Lipinski definition) is 6. The van der Waals surface area contributed by atoms with E-state index in [1.807, 2.05) is 107 Å². The maximum absolute atomic E-state index is 11.2. The van der Waals surface area contributed by atoms with Crippen LogP contribution in [0.3, 0.4) is 0 Å². The number of aromatic nitrogens is 1. The molecule has 6 N–H and O–H groups in total. The topological polar surface area (TPSA) is 130 Å². The summed E-state index contributed by atoms with van der Waals surface area (Å²) in [5.74, 6) is -2.58. The molecular formula is C41H30N2O6. The van der Waals surface area contributed by atoms with Gasteiger partial charge in [-0.15, -0.1) is 0 Å². The van der Waals surface area contributed by atoms with E-state index in [-0.39, 0.29) is 33.8 Å². The van der Waals surface area contributed by atoms with Crippen molar-refractivity contribution in [2.75, 3.05) is 11.4 Å². The van der Waals surface area contributed by atoms with Crippen LogP contribution in [0.25, 0.3) is 44.2 Å². The van der Waals surface area contributed by atoms with Crippen LogP contribution >= 0.6 is 0 Å². The van der Waals surface area contributed by atoms with E-state index < -0.39 is 23.0 Å².